The largest absolute Gasteiger partial charge is 0.481 e. The summed E-state index contributed by atoms with van der Waals surface area (Å²) >= 11 is 0. The normalized spacial score (nSPS) is 12.1. The summed E-state index contributed by atoms with van der Waals surface area (Å²) in [5, 5.41) is 9.28. The van der Waals surface area contributed by atoms with Gasteiger partial charge in [0, 0.05) is 6.20 Å². The number of aryl methyl sites for hydroxylation is 1. The minimum atomic E-state index is -0.866. The van der Waals surface area contributed by atoms with E-state index in [0.717, 1.165) is 11.1 Å². The van der Waals surface area contributed by atoms with Gasteiger partial charge in [0.2, 0.25) is 0 Å². The predicted molar refractivity (Wildman–Crippen MR) is 67.3 cm³/mol. The van der Waals surface area contributed by atoms with Crippen LogP contribution >= 0.6 is 0 Å². The summed E-state index contributed by atoms with van der Waals surface area (Å²) < 4.78 is 0. The molecule has 0 aliphatic rings. The molecule has 0 radical (unpaired) electrons. The topological polar surface area (TPSA) is 63.1 Å². The fourth-order valence-electron chi connectivity index (χ4n) is 1.79. The molecule has 1 unspecified atom stereocenters. The van der Waals surface area contributed by atoms with Crippen LogP contribution in [0.2, 0.25) is 0 Å². The van der Waals surface area contributed by atoms with Gasteiger partial charge in [0.15, 0.2) is 0 Å². The van der Waals surface area contributed by atoms with Crippen molar-refractivity contribution in [2.24, 2.45) is 0 Å². The van der Waals surface area contributed by atoms with Gasteiger partial charge in [-0.1, -0.05) is 29.8 Å². The lowest BCUT2D eigenvalue weighted by Crippen LogP contribution is -2.15. The Morgan fingerprint density at radius 1 is 1.28 bits per heavy atom. The third-order valence-electron chi connectivity index (χ3n) is 2.82. The molecule has 4 heteroatoms. The van der Waals surface area contributed by atoms with Gasteiger partial charge in [0.25, 0.3) is 0 Å². The Bertz CT molecular complexity index is 523. The molecule has 2 aromatic rings. The molecular formula is C14H14N2O2. The van der Waals surface area contributed by atoms with Crippen molar-refractivity contribution in [3.8, 4) is 0 Å². The van der Waals surface area contributed by atoms with Crippen molar-refractivity contribution in [3.05, 3.63) is 59.7 Å². The number of rotatable bonds is 4. The molecule has 1 heterocycles. The number of hydrogen-bond donors (Lipinski definition) is 1. The Kier molecular flexibility index (Phi) is 3.67. The minimum absolute atomic E-state index is 0.437. The van der Waals surface area contributed by atoms with Gasteiger partial charge in [-0.25, -0.2) is 9.97 Å². The zero-order valence-electron chi connectivity index (χ0n) is 10.1. The Labute approximate surface area is 105 Å². The van der Waals surface area contributed by atoms with E-state index < -0.39 is 11.9 Å². The van der Waals surface area contributed by atoms with E-state index in [1.54, 1.807) is 12.3 Å². The maximum Gasteiger partial charge on any atom is 0.312 e. The Morgan fingerprint density at radius 2 is 2.00 bits per heavy atom. The Morgan fingerprint density at radius 3 is 2.56 bits per heavy atom. The first-order valence-electron chi connectivity index (χ1n) is 5.71. The maximum atomic E-state index is 11.3. The van der Waals surface area contributed by atoms with Gasteiger partial charge in [0.05, 0.1) is 5.69 Å². The lowest BCUT2D eigenvalue weighted by atomic mass is 9.95. The van der Waals surface area contributed by atoms with Crippen LogP contribution in [0, 0.1) is 6.92 Å². The van der Waals surface area contributed by atoms with Gasteiger partial charge in [-0.05, 0) is 25.0 Å². The van der Waals surface area contributed by atoms with Crippen LogP contribution in [0.3, 0.4) is 0 Å². The van der Waals surface area contributed by atoms with E-state index >= 15 is 0 Å². The maximum absolute atomic E-state index is 11.3. The molecule has 1 aromatic heterocycles. The van der Waals surface area contributed by atoms with E-state index in [2.05, 4.69) is 9.97 Å². The second-order valence-electron chi connectivity index (χ2n) is 4.21. The first kappa shape index (κ1) is 12.2. The number of benzene rings is 1. The van der Waals surface area contributed by atoms with Crippen molar-refractivity contribution >= 4 is 5.97 Å². The summed E-state index contributed by atoms with van der Waals surface area (Å²) in [6.45, 7) is 2.00. The molecule has 4 nitrogen and oxygen atoms in total. The monoisotopic (exact) mass is 242 g/mol. The summed E-state index contributed by atoms with van der Waals surface area (Å²) in [4.78, 5) is 19.1. The summed E-state index contributed by atoms with van der Waals surface area (Å²) in [6.07, 6.45) is 3.38. The van der Waals surface area contributed by atoms with Gasteiger partial charge >= 0.3 is 5.97 Å². The molecule has 0 spiro atoms. The van der Waals surface area contributed by atoms with Crippen LogP contribution in [0.25, 0.3) is 0 Å². The van der Waals surface area contributed by atoms with Crippen LogP contribution in [-0.4, -0.2) is 21.0 Å². The molecule has 0 saturated carbocycles. The fourth-order valence-corrected chi connectivity index (χ4v) is 1.79. The van der Waals surface area contributed by atoms with E-state index in [9.17, 15) is 9.90 Å². The van der Waals surface area contributed by atoms with E-state index in [4.69, 9.17) is 0 Å². The SMILES string of the molecule is Cc1ccc(CC(C(=O)O)c2ccncn2)cc1. The highest BCUT2D eigenvalue weighted by molar-refractivity contribution is 5.75. The quantitative estimate of drug-likeness (QED) is 0.892. The highest BCUT2D eigenvalue weighted by Gasteiger charge is 2.21. The van der Waals surface area contributed by atoms with Crippen LogP contribution in [0.1, 0.15) is 22.7 Å². The van der Waals surface area contributed by atoms with Crippen LogP contribution < -0.4 is 0 Å². The molecular weight excluding hydrogens is 228 g/mol. The van der Waals surface area contributed by atoms with E-state index in [1.807, 2.05) is 31.2 Å². The number of aromatic nitrogens is 2. The molecule has 0 fully saturated rings. The second-order valence-corrected chi connectivity index (χ2v) is 4.21. The average molecular weight is 242 g/mol. The number of hydrogen-bond acceptors (Lipinski definition) is 3. The number of carboxylic acids is 1. The Balaban J connectivity index is 2.22. The van der Waals surface area contributed by atoms with Crippen molar-refractivity contribution < 1.29 is 9.90 Å². The fraction of sp³-hybridized carbons (Fsp3) is 0.214. The number of nitrogens with zero attached hydrogens (tertiary/aromatic N) is 2. The summed E-state index contributed by atoms with van der Waals surface area (Å²) in [5.41, 5.74) is 2.69. The third-order valence-corrected chi connectivity index (χ3v) is 2.82. The van der Waals surface area contributed by atoms with Crippen molar-refractivity contribution in [3.63, 3.8) is 0 Å². The van der Waals surface area contributed by atoms with Crippen LogP contribution in [0.5, 0.6) is 0 Å². The molecule has 0 aliphatic heterocycles. The van der Waals surface area contributed by atoms with Crippen molar-refractivity contribution in [1.82, 2.24) is 9.97 Å². The van der Waals surface area contributed by atoms with E-state index in [0.29, 0.717) is 12.1 Å². The summed E-state index contributed by atoms with van der Waals surface area (Å²) in [6, 6.07) is 9.51. The minimum Gasteiger partial charge on any atom is -0.481 e. The van der Waals surface area contributed by atoms with Crippen LogP contribution in [-0.2, 0) is 11.2 Å². The van der Waals surface area contributed by atoms with Crippen molar-refractivity contribution in [1.29, 1.82) is 0 Å². The summed E-state index contributed by atoms with van der Waals surface area (Å²) in [7, 11) is 0. The smallest absolute Gasteiger partial charge is 0.312 e. The highest BCUT2D eigenvalue weighted by atomic mass is 16.4. The first-order valence-corrected chi connectivity index (χ1v) is 5.71. The van der Waals surface area contributed by atoms with Crippen molar-refractivity contribution in [2.45, 2.75) is 19.3 Å². The van der Waals surface area contributed by atoms with Gasteiger partial charge in [0.1, 0.15) is 12.2 Å². The highest BCUT2D eigenvalue weighted by Crippen LogP contribution is 2.19. The molecule has 1 atom stereocenters. The zero-order chi connectivity index (χ0) is 13.0. The first-order chi connectivity index (χ1) is 8.66. The number of carbonyl (C=O) groups is 1. The van der Waals surface area contributed by atoms with Gasteiger partial charge < -0.3 is 5.11 Å². The predicted octanol–water partition coefficient (Wildman–Crippen LogP) is 2.20. The molecule has 18 heavy (non-hydrogen) atoms. The zero-order valence-corrected chi connectivity index (χ0v) is 10.1. The van der Waals surface area contributed by atoms with Crippen LogP contribution in [0.15, 0.2) is 42.9 Å². The second kappa shape index (κ2) is 5.40. The third kappa shape index (κ3) is 2.91. The molecule has 0 bridgehead atoms. The number of aliphatic carboxylic acids is 1. The van der Waals surface area contributed by atoms with Crippen LogP contribution in [0.4, 0.5) is 0 Å². The molecule has 0 amide bonds. The lowest BCUT2D eigenvalue weighted by molar-refractivity contribution is -0.138. The molecule has 2 rings (SSSR count). The standard InChI is InChI=1S/C14H14N2O2/c1-10-2-4-11(5-3-10)8-12(14(17)18)13-6-7-15-9-16-13/h2-7,9,12H,8H2,1H3,(H,17,18). The molecule has 1 N–H and O–H groups in total. The molecule has 92 valence electrons. The van der Waals surface area contributed by atoms with Gasteiger partial charge in [-0.3, -0.25) is 4.79 Å². The molecule has 0 aliphatic carbocycles. The van der Waals surface area contributed by atoms with Gasteiger partial charge in [-0.15, -0.1) is 0 Å². The summed E-state index contributed by atoms with van der Waals surface area (Å²) in [5.74, 6) is -1.50. The lowest BCUT2D eigenvalue weighted by Gasteiger charge is -2.11. The van der Waals surface area contributed by atoms with Gasteiger partial charge in [-0.2, -0.15) is 0 Å². The molecule has 1 aromatic carbocycles. The number of carboxylic acid groups (broad SMARTS) is 1. The Hall–Kier alpha value is -2.23. The van der Waals surface area contributed by atoms with E-state index in [-0.39, 0.29) is 0 Å². The molecule has 0 saturated heterocycles. The van der Waals surface area contributed by atoms with E-state index in [1.165, 1.54) is 6.33 Å². The van der Waals surface area contributed by atoms with Crippen molar-refractivity contribution in [2.75, 3.05) is 0 Å². The average Bonchev–Trinajstić information content (AvgIpc) is 2.38.